The van der Waals surface area contributed by atoms with Gasteiger partial charge in [0.15, 0.2) is 0 Å². The fraction of sp³-hybridized carbons (Fsp3) is 0.714. The summed E-state index contributed by atoms with van der Waals surface area (Å²) in [5.74, 6) is 0.373. The first-order valence-corrected chi connectivity index (χ1v) is 13.3. The fourth-order valence-corrected chi connectivity index (χ4v) is 7.05. The molecule has 0 spiro atoms. The van der Waals surface area contributed by atoms with Crippen LogP contribution in [0, 0.1) is 29.0 Å². The summed E-state index contributed by atoms with van der Waals surface area (Å²) in [6.07, 6.45) is 11.2. The van der Waals surface area contributed by atoms with E-state index < -0.39 is 23.7 Å². The van der Waals surface area contributed by atoms with Crippen LogP contribution in [0.2, 0.25) is 0 Å². The summed E-state index contributed by atoms with van der Waals surface area (Å²) in [4.78, 5) is 26.2. The Bertz CT molecular complexity index is 946. The van der Waals surface area contributed by atoms with Gasteiger partial charge in [0.1, 0.15) is 17.6 Å². The lowest BCUT2D eigenvalue weighted by Gasteiger charge is -2.47. The number of nitrogens with zero attached hydrogens (tertiary/aromatic N) is 1. The van der Waals surface area contributed by atoms with Gasteiger partial charge in [0.05, 0.1) is 12.2 Å². The molecule has 3 saturated carbocycles. The van der Waals surface area contributed by atoms with Crippen LogP contribution in [-0.2, 0) is 4.79 Å². The van der Waals surface area contributed by atoms with E-state index in [2.05, 4.69) is 6.92 Å². The van der Waals surface area contributed by atoms with Crippen molar-refractivity contribution in [2.24, 2.45) is 23.2 Å². The minimum absolute atomic E-state index is 0.0213. The van der Waals surface area contributed by atoms with Crippen LogP contribution in [0.25, 0.3) is 0 Å². The number of ether oxygens (including phenoxy) is 1. The fourth-order valence-electron chi connectivity index (χ4n) is 7.05. The Kier molecular flexibility index (Phi) is 6.36. The summed E-state index contributed by atoms with van der Waals surface area (Å²) >= 11 is 0. The average molecular weight is 472 g/mol. The first kappa shape index (κ1) is 23.6. The van der Waals surface area contributed by atoms with Crippen LogP contribution in [0.4, 0.5) is 4.39 Å². The number of carboxylic acids is 1. The van der Waals surface area contributed by atoms with Gasteiger partial charge in [-0.2, -0.15) is 0 Å². The maximum Gasteiger partial charge on any atom is 0.326 e. The van der Waals surface area contributed by atoms with E-state index in [1.807, 2.05) is 6.92 Å². The predicted octanol–water partition coefficient (Wildman–Crippen LogP) is 6.01. The van der Waals surface area contributed by atoms with Crippen LogP contribution in [0.15, 0.2) is 12.1 Å². The number of carbonyl (C=O) groups excluding carboxylic acids is 1. The third kappa shape index (κ3) is 4.57. The molecule has 1 amide bonds. The zero-order valence-corrected chi connectivity index (χ0v) is 20.5. The van der Waals surface area contributed by atoms with Crippen LogP contribution in [0.3, 0.4) is 0 Å². The minimum atomic E-state index is -1.03. The molecule has 4 fully saturated rings. The van der Waals surface area contributed by atoms with Crippen molar-refractivity contribution in [2.75, 3.05) is 13.2 Å². The molecule has 0 aromatic heterocycles. The Morgan fingerprint density at radius 2 is 1.85 bits per heavy atom. The van der Waals surface area contributed by atoms with Crippen molar-refractivity contribution in [3.8, 4) is 5.75 Å². The normalized spacial score (nSPS) is 33.1. The zero-order valence-electron chi connectivity index (χ0n) is 20.5. The van der Waals surface area contributed by atoms with Crippen LogP contribution in [0.1, 0.15) is 99.9 Å². The predicted molar refractivity (Wildman–Crippen MR) is 128 cm³/mol. The van der Waals surface area contributed by atoms with Gasteiger partial charge in [-0.05, 0) is 80.2 Å². The van der Waals surface area contributed by atoms with Gasteiger partial charge in [0.2, 0.25) is 0 Å². The van der Waals surface area contributed by atoms with E-state index in [0.29, 0.717) is 31.2 Å². The van der Waals surface area contributed by atoms with Crippen LogP contribution in [-0.4, -0.2) is 41.1 Å². The second-order valence-electron chi connectivity index (χ2n) is 11.7. The number of benzene rings is 1. The lowest BCUT2D eigenvalue weighted by molar-refractivity contribution is -0.141. The second-order valence-corrected chi connectivity index (χ2v) is 11.7. The van der Waals surface area contributed by atoms with E-state index in [1.165, 1.54) is 49.5 Å². The Morgan fingerprint density at radius 1 is 1.15 bits per heavy atom. The van der Waals surface area contributed by atoms with Crippen molar-refractivity contribution in [3.05, 3.63) is 29.1 Å². The van der Waals surface area contributed by atoms with Crippen LogP contribution in [0.5, 0.6) is 5.75 Å². The molecule has 0 radical (unpaired) electrons. The topological polar surface area (TPSA) is 66.8 Å². The standard InChI is InChI=1S/C28H38FNO4/c1-3-28(13-18-5-4-6-19(10-18)14-28)16-34-25-12-23(29)22(11-21(25)20-7-8-20)26(31)30-15-17(2)9-24(30)27(32)33/h11-12,17-20,24H,3-10,13-16H2,1-2H3,(H,32,33)/t17-,18?,19?,24-,28?/m0/s1. The molecule has 186 valence electrons. The lowest BCUT2D eigenvalue weighted by Crippen LogP contribution is -2.41. The van der Waals surface area contributed by atoms with Crippen molar-refractivity contribution in [1.29, 1.82) is 0 Å². The molecule has 5 rings (SSSR count). The van der Waals surface area contributed by atoms with E-state index in [-0.39, 0.29) is 16.9 Å². The molecule has 1 heterocycles. The lowest BCUT2D eigenvalue weighted by atomic mass is 9.60. The third-order valence-corrected chi connectivity index (χ3v) is 9.02. The van der Waals surface area contributed by atoms with Crippen molar-refractivity contribution >= 4 is 11.9 Å². The van der Waals surface area contributed by atoms with E-state index in [9.17, 15) is 14.7 Å². The average Bonchev–Trinajstić information content (AvgIpc) is 3.57. The molecule has 2 bridgehead atoms. The molecule has 1 N–H and O–H groups in total. The van der Waals surface area contributed by atoms with Gasteiger partial charge >= 0.3 is 5.97 Å². The Morgan fingerprint density at radius 3 is 2.47 bits per heavy atom. The smallest absolute Gasteiger partial charge is 0.326 e. The highest BCUT2D eigenvalue weighted by atomic mass is 19.1. The van der Waals surface area contributed by atoms with Gasteiger partial charge in [-0.3, -0.25) is 4.79 Å². The van der Waals surface area contributed by atoms with Crippen LogP contribution >= 0.6 is 0 Å². The molecular formula is C28H38FNO4. The molecule has 5 nitrogen and oxygen atoms in total. The number of halogens is 1. The van der Waals surface area contributed by atoms with Crippen LogP contribution < -0.4 is 4.74 Å². The summed E-state index contributed by atoms with van der Waals surface area (Å²) in [5.41, 5.74) is 1.04. The van der Waals surface area contributed by atoms with E-state index in [4.69, 9.17) is 4.74 Å². The molecule has 1 aromatic carbocycles. The maximum absolute atomic E-state index is 15.3. The molecule has 1 saturated heterocycles. The van der Waals surface area contributed by atoms with Gasteiger partial charge in [0.25, 0.3) is 5.91 Å². The summed E-state index contributed by atoms with van der Waals surface area (Å²) in [7, 11) is 0. The number of likely N-dealkylation sites (tertiary alicyclic amines) is 1. The Balaban J connectivity index is 1.37. The molecule has 6 heteroatoms. The monoisotopic (exact) mass is 471 g/mol. The molecule has 2 unspecified atom stereocenters. The van der Waals surface area contributed by atoms with Crippen molar-refractivity contribution < 1.29 is 23.8 Å². The zero-order chi connectivity index (χ0) is 24.0. The van der Waals surface area contributed by atoms with Gasteiger partial charge < -0.3 is 14.7 Å². The number of fused-ring (bicyclic) bond motifs is 2. The highest BCUT2D eigenvalue weighted by Crippen LogP contribution is 2.51. The Hall–Kier alpha value is -2.11. The molecule has 34 heavy (non-hydrogen) atoms. The largest absolute Gasteiger partial charge is 0.493 e. The Labute approximate surface area is 202 Å². The summed E-state index contributed by atoms with van der Waals surface area (Å²) in [6, 6.07) is 2.15. The molecular weight excluding hydrogens is 433 g/mol. The summed E-state index contributed by atoms with van der Waals surface area (Å²) in [5, 5.41) is 9.56. The quantitative estimate of drug-likeness (QED) is 0.529. The SMILES string of the molecule is CCC1(COc2cc(F)c(C(=O)N3C[C@@H](C)C[C@H]3C(=O)O)cc2C2CC2)CC2CCCC(C2)C1. The molecule has 1 aliphatic heterocycles. The van der Waals surface area contributed by atoms with Crippen molar-refractivity contribution in [2.45, 2.75) is 90.0 Å². The number of aliphatic carboxylic acids is 1. The molecule has 4 atom stereocenters. The minimum Gasteiger partial charge on any atom is -0.493 e. The second kappa shape index (κ2) is 9.16. The summed E-state index contributed by atoms with van der Waals surface area (Å²) < 4.78 is 21.7. The number of carbonyl (C=O) groups is 2. The van der Waals surface area contributed by atoms with Gasteiger partial charge in [-0.25, -0.2) is 9.18 Å². The van der Waals surface area contributed by atoms with Gasteiger partial charge in [-0.15, -0.1) is 0 Å². The number of amides is 1. The van der Waals surface area contributed by atoms with E-state index >= 15 is 4.39 Å². The van der Waals surface area contributed by atoms with Gasteiger partial charge in [-0.1, -0.05) is 33.1 Å². The van der Waals surface area contributed by atoms with Crippen molar-refractivity contribution in [1.82, 2.24) is 4.90 Å². The number of rotatable bonds is 7. The number of hydrogen-bond acceptors (Lipinski definition) is 3. The van der Waals surface area contributed by atoms with Gasteiger partial charge in [0, 0.05) is 18.0 Å². The molecule has 3 aliphatic carbocycles. The number of carboxylic acid groups (broad SMARTS) is 1. The molecule has 1 aromatic rings. The maximum atomic E-state index is 15.3. The highest BCUT2D eigenvalue weighted by Gasteiger charge is 2.43. The van der Waals surface area contributed by atoms with E-state index in [1.54, 1.807) is 6.07 Å². The first-order valence-electron chi connectivity index (χ1n) is 13.3. The highest BCUT2D eigenvalue weighted by molar-refractivity contribution is 5.97. The number of hydrogen-bond donors (Lipinski definition) is 1. The van der Waals surface area contributed by atoms with Crippen molar-refractivity contribution in [3.63, 3.8) is 0 Å². The first-order chi connectivity index (χ1) is 16.3. The van der Waals surface area contributed by atoms with E-state index in [0.717, 1.165) is 36.7 Å². The third-order valence-electron chi connectivity index (χ3n) is 9.02. The summed E-state index contributed by atoms with van der Waals surface area (Å²) in [6.45, 7) is 5.13. The molecule has 4 aliphatic rings.